The number of hydrogen-bond donors (Lipinski definition) is 2. The van der Waals surface area contributed by atoms with Crippen molar-refractivity contribution in [1.82, 2.24) is 19.9 Å². The van der Waals surface area contributed by atoms with E-state index in [1.165, 1.54) is 0 Å². The molecule has 0 fully saturated rings. The Morgan fingerprint density at radius 3 is 2.69 bits per heavy atom. The standard InChI is InChI=1S/C17H15F3N4O2/c1-10(16-22-12-4-2-3-5-13(12)23-16)21-14(25)9-24-8-11(17(18,19)20)6-7-15(24)26/h2-8,10H,9H2,1H3,(H,21,25)(H,22,23). The maximum atomic E-state index is 12.7. The molecule has 1 unspecified atom stereocenters. The van der Waals surface area contributed by atoms with Crippen LogP contribution in [0.2, 0.25) is 0 Å². The molecule has 2 heterocycles. The summed E-state index contributed by atoms with van der Waals surface area (Å²) in [6.45, 7) is 1.16. The van der Waals surface area contributed by atoms with Crippen LogP contribution in [-0.2, 0) is 17.5 Å². The summed E-state index contributed by atoms with van der Waals surface area (Å²) in [6.07, 6.45) is -3.96. The molecule has 1 amide bonds. The maximum Gasteiger partial charge on any atom is 0.417 e. The summed E-state index contributed by atoms with van der Waals surface area (Å²) in [4.78, 5) is 31.2. The Balaban J connectivity index is 1.73. The summed E-state index contributed by atoms with van der Waals surface area (Å²) in [6, 6.07) is 8.29. The number of carbonyl (C=O) groups excluding carboxylic acids is 1. The molecule has 0 aliphatic carbocycles. The number of aromatic nitrogens is 3. The second kappa shape index (κ2) is 6.66. The number of fused-ring (bicyclic) bond motifs is 1. The van der Waals surface area contributed by atoms with Gasteiger partial charge in [0.25, 0.3) is 5.56 Å². The number of carbonyl (C=O) groups is 1. The quantitative estimate of drug-likeness (QED) is 0.747. The van der Waals surface area contributed by atoms with Crippen molar-refractivity contribution in [3.63, 3.8) is 0 Å². The average Bonchev–Trinajstić information content (AvgIpc) is 3.00. The highest BCUT2D eigenvalue weighted by atomic mass is 19.4. The number of para-hydroxylation sites is 2. The zero-order valence-electron chi connectivity index (χ0n) is 13.7. The second-order valence-electron chi connectivity index (χ2n) is 5.81. The van der Waals surface area contributed by atoms with E-state index in [1.807, 2.05) is 24.3 Å². The van der Waals surface area contributed by atoms with E-state index in [0.717, 1.165) is 21.7 Å². The molecule has 2 aromatic heterocycles. The smallest absolute Gasteiger partial charge is 0.345 e. The Hall–Kier alpha value is -3.10. The fourth-order valence-electron chi connectivity index (χ4n) is 2.51. The molecule has 0 saturated carbocycles. The zero-order valence-corrected chi connectivity index (χ0v) is 13.7. The summed E-state index contributed by atoms with van der Waals surface area (Å²) in [5.74, 6) is -0.0877. The van der Waals surface area contributed by atoms with Gasteiger partial charge in [-0.25, -0.2) is 4.98 Å². The number of imidazole rings is 1. The lowest BCUT2D eigenvalue weighted by molar-refractivity contribution is -0.138. The number of aromatic amines is 1. The second-order valence-corrected chi connectivity index (χ2v) is 5.81. The van der Waals surface area contributed by atoms with Crippen LogP contribution in [0, 0.1) is 0 Å². The number of hydrogen-bond acceptors (Lipinski definition) is 3. The van der Waals surface area contributed by atoms with Crippen molar-refractivity contribution in [2.24, 2.45) is 0 Å². The Kier molecular flexibility index (Phi) is 4.54. The molecule has 1 atom stereocenters. The highest BCUT2D eigenvalue weighted by molar-refractivity contribution is 5.77. The lowest BCUT2D eigenvalue weighted by Gasteiger charge is -2.13. The number of H-pyrrole nitrogens is 1. The topological polar surface area (TPSA) is 79.8 Å². The van der Waals surface area contributed by atoms with E-state index in [2.05, 4.69) is 15.3 Å². The van der Waals surface area contributed by atoms with Gasteiger partial charge in [0.15, 0.2) is 0 Å². The maximum absolute atomic E-state index is 12.7. The minimum Gasteiger partial charge on any atom is -0.345 e. The van der Waals surface area contributed by atoms with E-state index >= 15 is 0 Å². The van der Waals surface area contributed by atoms with Crippen molar-refractivity contribution in [2.75, 3.05) is 0 Å². The van der Waals surface area contributed by atoms with E-state index in [4.69, 9.17) is 0 Å². The lowest BCUT2D eigenvalue weighted by atomic mass is 10.2. The van der Waals surface area contributed by atoms with Crippen LogP contribution in [0.5, 0.6) is 0 Å². The average molecular weight is 364 g/mol. The molecule has 9 heteroatoms. The van der Waals surface area contributed by atoms with Crippen molar-refractivity contribution in [3.05, 3.63) is 64.3 Å². The van der Waals surface area contributed by atoms with Gasteiger partial charge in [-0.1, -0.05) is 12.1 Å². The fourth-order valence-corrected chi connectivity index (χ4v) is 2.51. The monoisotopic (exact) mass is 364 g/mol. The van der Waals surface area contributed by atoms with Crippen LogP contribution in [0.15, 0.2) is 47.4 Å². The van der Waals surface area contributed by atoms with E-state index in [1.54, 1.807) is 6.92 Å². The number of amides is 1. The summed E-state index contributed by atoms with van der Waals surface area (Å²) in [7, 11) is 0. The number of nitrogens with one attached hydrogen (secondary N) is 2. The molecule has 3 rings (SSSR count). The number of nitrogens with zero attached hydrogens (tertiary/aromatic N) is 2. The highest BCUT2D eigenvalue weighted by Gasteiger charge is 2.31. The van der Waals surface area contributed by atoms with Gasteiger partial charge < -0.3 is 14.9 Å². The Morgan fingerprint density at radius 2 is 2.00 bits per heavy atom. The largest absolute Gasteiger partial charge is 0.417 e. The van der Waals surface area contributed by atoms with Crippen molar-refractivity contribution in [2.45, 2.75) is 25.7 Å². The van der Waals surface area contributed by atoms with Gasteiger partial charge in [0.05, 0.1) is 22.6 Å². The van der Waals surface area contributed by atoms with E-state index < -0.39 is 35.8 Å². The number of pyridine rings is 1. The fraction of sp³-hybridized carbons (Fsp3) is 0.235. The summed E-state index contributed by atoms with van der Waals surface area (Å²) in [5, 5.41) is 2.62. The molecule has 0 radical (unpaired) electrons. The van der Waals surface area contributed by atoms with Gasteiger partial charge in [-0.3, -0.25) is 9.59 Å². The minimum atomic E-state index is -4.59. The van der Waals surface area contributed by atoms with Crippen LogP contribution in [0.3, 0.4) is 0 Å². The summed E-state index contributed by atoms with van der Waals surface area (Å²) < 4.78 is 39.0. The van der Waals surface area contributed by atoms with Crippen molar-refractivity contribution >= 4 is 16.9 Å². The van der Waals surface area contributed by atoms with Crippen LogP contribution in [-0.4, -0.2) is 20.4 Å². The van der Waals surface area contributed by atoms with Gasteiger partial charge in [-0.15, -0.1) is 0 Å². The number of halogens is 3. The van der Waals surface area contributed by atoms with Crippen molar-refractivity contribution in [1.29, 1.82) is 0 Å². The Labute approximate surface area is 145 Å². The van der Waals surface area contributed by atoms with Crippen LogP contribution in [0.4, 0.5) is 13.2 Å². The van der Waals surface area contributed by atoms with Crippen LogP contribution < -0.4 is 10.9 Å². The molecule has 26 heavy (non-hydrogen) atoms. The van der Waals surface area contributed by atoms with Crippen LogP contribution >= 0.6 is 0 Å². The first-order chi connectivity index (χ1) is 12.2. The van der Waals surface area contributed by atoms with Crippen molar-refractivity contribution < 1.29 is 18.0 Å². The molecule has 1 aromatic carbocycles. The van der Waals surface area contributed by atoms with Crippen LogP contribution in [0.25, 0.3) is 11.0 Å². The molecule has 0 saturated heterocycles. The third-order valence-electron chi connectivity index (χ3n) is 3.82. The molecule has 136 valence electrons. The first-order valence-corrected chi connectivity index (χ1v) is 7.76. The normalized spacial score (nSPS) is 12.9. The molecule has 6 nitrogen and oxygen atoms in total. The molecular formula is C17H15F3N4O2. The summed E-state index contributed by atoms with van der Waals surface area (Å²) >= 11 is 0. The number of benzene rings is 1. The molecule has 0 spiro atoms. The van der Waals surface area contributed by atoms with Gasteiger partial charge in [0.1, 0.15) is 12.4 Å². The molecule has 0 bridgehead atoms. The van der Waals surface area contributed by atoms with Gasteiger partial charge in [-0.2, -0.15) is 13.2 Å². The molecule has 2 N–H and O–H groups in total. The first kappa shape index (κ1) is 17.7. The first-order valence-electron chi connectivity index (χ1n) is 7.76. The Morgan fingerprint density at radius 1 is 1.27 bits per heavy atom. The lowest BCUT2D eigenvalue weighted by Crippen LogP contribution is -2.34. The Bertz CT molecular complexity index is 974. The van der Waals surface area contributed by atoms with E-state index in [9.17, 15) is 22.8 Å². The predicted molar refractivity (Wildman–Crippen MR) is 88.4 cm³/mol. The molecule has 0 aliphatic rings. The van der Waals surface area contributed by atoms with Crippen LogP contribution in [0.1, 0.15) is 24.4 Å². The van der Waals surface area contributed by atoms with Crippen molar-refractivity contribution in [3.8, 4) is 0 Å². The zero-order chi connectivity index (χ0) is 18.9. The minimum absolute atomic E-state index is 0.503. The van der Waals surface area contributed by atoms with Gasteiger partial charge in [0.2, 0.25) is 5.91 Å². The number of rotatable bonds is 4. The van der Waals surface area contributed by atoms with Gasteiger partial charge in [-0.05, 0) is 25.1 Å². The number of alkyl halides is 3. The van der Waals surface area contributed by atoms with E-state index in [-0.39, 0.29) is 0 Å². The third-order valence-corrected chi connectivity index (χ3v) is 3.82. The van der Waals surface area contributed by atoms with Gasteiger partial charge in [0, 0.05) is 12.3 Å². The van der Waals surface area contributed by atoms with E-state index in [0.29, 0.717) is 18.1 Å². The van der Waals surface area contributed by atoms with Gasteiger partial charge >= 0.3 is 6.18 Å². The SMILES string of the molecule is CC(NC(=O)Cn1cc(C(F)(F)F)ccc1=O)c1nc2ccccc2[nH]1. The summed E-state index contributed by atoms with van der Waals surface area (Å²) in [5.41, 5.74) is -0.143. The third kappa shape index (κ3) is 3.76. The molecular weight excluding hydrogens is 349 g/mol. The molecule has 0 aliphatic heterocycles. The molecule has 3 aromatic rings. The highest BCUT2D eigenvalue weighted by Crippen LogP contribution is 2.28. The predicted octanol–water partition coefficient (Wildman–Crippen LogP) is 2.62.